The highest BCUT2D eigenvalue weighted by Crippen LogP contribution is 2.21. The minimum atomic E-state index is -4.08. The topological polar surface area (TPSA) is 92.5 Å². The van der Waals surface area contributed by atoms with Crippen LogP contribution in [0.25, 0.3) is 0 Å². The van der Waals surface area contributed by atoms with Crippen LogP contribution in [-0.4, -0.2) is 38.9 Å². The monoisotopic (exact) mass is 395 g/mol. The van der Waals surface area contributed by atoms with E-state index in [1.165, 1.54) is 24.3 Å². The van der Waals surface area contributed by atoms with Crippen molar-refractivity contribution < 1.29 is 22.0 Å². The van der Waals surface area contributed by atoms with Crippen LogP contribution in [-0.2, 0) is 10.0 Å². The van der Waals surface area contributed by atoms with Crippen LogP contribution < -0.4 is 10.5 Å². The molecule has 1 heterocycles. The number of hydrogen-bond acceptors (Lipinski definition) is 4. The van der Waals surface area contributed by atoms with Crippen LogP contribution in [0.15, 0.2) is 47.4 Å². The molecule has 3 rings (SSSR count). The molecule has 1 saturated heterocycles. The molecule has 1 unspecified atom stereocenters. The molecule has 1 atom stereocenters. The van der Waals surface area contributed by atoms with Crippen molar-refractivity contribution in [2.45, 2.75) is 11.3 Å². The summed E-state index contributed by atoms with van der Waals surface area (Å²) in [6.45, 7) is 1.79. The number of carbonyl (C=O) groups excluding carboxylic acids is 1. The molecule has 1 amide bonds. The SMILES string of the molecule is NCC1CCN(C(=O)c2ccc(NS(=O)(=O)c3ccc(F)c(F)c3)cc2)C1. The molecule has 0 radical (unpaired) electrons. The first-order valence-corrected chi connectivity index (χ1v) is 9.86. The van der Waals surface area contributed by atoms with E-state index in [0.717, 1.165) is 18.6 Å². The summed E-state index contributed by atoms with van der Waals surface area (Å²) in [5.74, 6) is -2.21. The van der Waals surface area contributed by atoms with Gasteiger partial charge in [-0.1, -0.05) is 0 Å². The van der Waals surface area contributed by atoms with Gasteiger partial charge in [-0.3, -0.25) is 9.52 Å². The summed E-state index contributed by atoms with van der Waals surface area (Å²) in [6.07, 6.45) is 0.869. The second-order valence-corrected chi connectivity index (χ2v) is 8.08. The highest BCUT2D eigenvalue weighted by molar-refractivity contribution is 7.92. The van der Waals surface area contributed by atoms with Gasteiger partial charge in [0.15, 0.2) is 11.6 Å². The smallest absolute Gasteiger partial charge is 0.261 e. The van der Waals surface area contributed by atoms with Crippen LogP contribution in [0.1, 0.15) is 16.8 Å². The molecule has 3 N–H and O–H groups in total. The maximum Gasteiger partial charge on any atom is 0.261 e. The van der Waals surface area contributed by atoms with Gasteiger partial charge in [0.25, 0.3) is 15.9 Å². The average molecular weight is 395 g/mol. The molecule has 0 aromatic heterocycles. The molecular formula is C18H19F2N3O3S. The number of likely N-dealkylation sites (tertiary alicyclic amines) is 1. The standard InChI is InChI=1S/C18H19F2N3O3S/c19-16-6-5-15(9-17(16)20)27(25,26)22-14-3-1-13(2-4-14)18(24)23-8-7-12(10-21)11-23/h1-6,9,12,22H,7-8,10-11,21H2. The van der Waals surface area contributed by atoms with Gasteiger partial charge in [0.2, 0.25) is 0 Å². The molecule has 2 aromatic rings. The highest BCUT2D eigenvalue weighted by Gasteiger charge is 2.26. The fourth-order valence-electron chi connectivity index (χ4n) is 2.93. The van der Waals surface area contributed by atoms with Gasteiger partial charge in [-0.25, -0.2) is 17.2 Å². The Bertz CT molecular complexity index is 949. The number of nitrogens with zero attached hydrogens (tertiary/aromatic N) is 1. The maximum atomic E-state index is 13.3. The zero-order chi connectivity index (χ0) is 19.6. The van der Waals surface area contributed by atoms with Gasteiger partial charge in [-0.2, -0.15) is 0 Å². The number of halogens is 2. The Morgan fingerprint density at radius 1 is 1.15 bits per heavy atom. The lowest BCUT2D eigenvalue weighted by molar-refractivity contribution is 0.0787. The number of nitrogens with two attached hydrogens (primary N) is 1. The van der Waals surface area contributed by atoms with Gasteiger partial charge in [-0.05, 0) is 61.3 Å². The quantitative estimate of drug-likeness (QED) is 0.812. The highest BCUT2D eigenvalue weighted by atomic mass is 32.2. The van der Waals surface area contributed by atoms with E-state index in [4.69, 9.17) is 5.73 Å². The molecule has 0 saturated carbocycles. The zero-order valence-corrected chi connectivity index (χ0v) is 15.2. The molecule has 1 aliphatic rings. The molecule has 1 aliphatic heterocycles. The minimum Gasteiger partial charge on any atom is -0.338 e. The van der Waals surface area contributed by atoms with Gasteiger partial charge in [0.1, 0.15) is 0 Å². The number of anilines is 1. The Kier molecular flexibility index (Phi) is 5.43. The Labute approximate surface area is 156 Å². The first-order chi connectivity index (χ1) is 12.8. The molecule has 144 valence electrons. The Balaban J connectivity index is 1.72. The number of sulfonamides is 1. The second kappa shape index (κ2) is 7.61. The van der Waals surface area contributed by atoms with Crippen LogP contribution >= 0.6 is 0 Å². The summed E-state index contributed by atoms with van der Waals surface area (Å²) in [7, 11) is -4.08. The number of amides is 1. The van der Waals surface area contributed by atoms with Crippen molar-refractivity contribution in [3.05, 3.63) is 59.7 Å². The summed E-state index contributed by atoms with van der Waals surface area (Å²) in [6, 6.07) is 8.25. The van der Waals surface area contributed by atoms with E-state index in [2.05, 4.69) is 4.72 Å². The predicted octanol–water partition coefficient (Wildman–Crippen LogP) is 2.19. The molecule has 2 aromatic carbocycles. The summed E-state index contributed by atoms with van der Waals surface area (Å²) in [5.41, 5.74) is 6.27. The molecule has 0 spiro atoms. The zero-order valence-electron chi connectivity index (χ0n) is 14.4. The van der Waals surface area contributed by atoms with Crippen LogP contribution in [0, 0.1) is 17.6 Å². The predicted molar refractivity (Wildman–Crippen MR) is 96.7 cm³/mol. The lowest BCUT2D eigenvalue weighted by Gasteiger charge is -2.16. The lowest BCUT2D eigenvalue weighted by atomic mass is 10.1. The van der Waals surface area contributed by atoms with Gasteiger partial charge in [0, 0.05) is 24.3 Å². The summed E-state index contributed by atoms with van der Waals surface area (Å²) >= 11 is 0. The Hall–Kier alpha value is -2.52. The van der Waals surface area contributed by atoms with Gasteiger partial charge >= 0.3 is 0 Å². The molecule has 0 aliphatic carbocycles. The first kappa shape index (κ1) is 19.2. The summed E-state index contributed by atoms with van der Waals surface area (Å²) < 4.78 is 53.1. The van der Waals surface area contributed by atoms with E-state index in [9.17, 15) is 22.0 Å². The largest absolute Gasteiger partial charge is 0.338 e. The third kappa shape index (κ3) is 4.25. The van der Waals surface area contributed by atoms with Crippen LogP contribution in [0.4, 0.5) is 14.5 Å². The number of hydrogen-bond donors (Lipinski definition) is 2. The summed E-state index contributed by atoms with van der Waals surface area (Å²) in [4.78, 5) is 13.8. The third-order valence-corrected chi connectivity index (χ3v) is 5.87. The number of benzene rings is 2. The normalized spacial score (nSPS) is 17.1. The van der Waals surface area contributed by atoms with Crippen molar-refractivity contribution >= 4 is 21.6 Å². The van der Waals surface area contributed by atoms with E-state index < -0.39 is 26.6 Å². The van der Waals surface area contributed by atoms with E-state index in [1.807, 2.05) is 0 Å². The van der Waals surface area contributed by atoms with Crippen molar-refractivity contribution in [1.29, 1.82) is 0 Å². The number of nitrogens with one attached hydrogen (secondary N) is 1. The minimum absolute atomic E-state index is 0.138. The fourth-order valence-corrected chi connectivity index (χ4v) is 4.00. The van der Waals surface area contributed by atoms with Crippen LogP contribution in [0.3, 0.4) is 0 Å². The van der Waals surface area contributed by atoms with E-state index in [1.54, 1.807) is 4.90 Å². The Morgan fingerprint density at radius 2 is 1.85 bits per heavy atom. The van der Waals surface area contributed by atoms with Crippen LogP contribution in [0.5, 0.6) is 0 Å². The number of rotatable bonds is 5. The third-order valence-electron chi connectivity index (χ3n) is 4.49. The van der Waals surface area contributed by atoms with E-state index in [0.29, 0.717) is 37.2 Å². The van der Waals surface area contributed by atoms with Gasteiger partial charge in [-0.15, -0.1) is 0 Å². The van der Waals surface area contributed by atoms with Crippen molar-refractivity contribution in [3.8, 4) is 0 Å². The molecule has 0 bridgehead atoms. The van der Waals surface area contributed by atoms with E-state index in [-0.39, 0.29) is 11.6 Å². The van der Waals surface area contributed by atoms with Crippen molar-refractivity contribution in [2.24, 2.45) is 11.7 Å². The van der Waals surface area contributed by atoms with Gasteiger partial charge in [0.05, 0.1) is 4.90 Å². The van der Waals surface area contributed by atoms with Crippen LogP contribution in [0.2, 0.25) is 0 Å². The second-order valence-electron chi connectivity index (χ2n) is 6.40. The maximum absolute atomic E-state index is 13.3. The average Bonchev–Trinajstić information content (AvgIpc) is 3.13. The lowest BCUT2D eigenvalue weighted by Crippen LogP contribution is -2.29. The summed E-state index contributed by atoms with van der Waals surface area (Å²) in [5, 5.41) is 0. The molecular weight excluding hydrogens is 376 g/mol. The molecule has 27 heavy (non-hydrogen) atoms. The van der Waals surface area contributed by atoms with Crippen molar-refractivity contribution in [1.82, 2.24) is 4.90 Å². The molecule has 9 heteroatoms. The van der Waals surface area contributed by atoms with Crippen molar-refractivity contribution in [2.75, 3.05) is 24.4 Å². The Morgan fingerprint density at radius 3 is 2.44 bits per heavy atom. The van der Waals surface area contributed by atoms with E-state index >= 15 is 0 Å². The first-order valence-electron chi connectivity index (χ1n) is 8.37. The molecule has 6 nitrogen and oxygen atoms in total. The van der Waals surface area contributed by atoms with Crippen molar-refractivity contribution in [3.63, 3.8) is 0 Å². The fraction of sp³-hybridized carbons (Fsp3) is 0.278. The molecule has 1 fully saturated rings. The van der Waals surface area contributed by atoms with Gasteiger partial charge < -0.3 is 10.6 Å². The number of carbonyl (C=O) groups is 1.